The maximum atomic E-state index is 12.0. The van der Waals surface area contributed by atoms with Crippen molar-refractivity contribution in [1.82, 2.24) is 15.2 Å². The number of halogens is 3. The molecule has 0 radical (unpaired) electrons. The van der Waals surface area contributed by atoms with E-state index in [1.807, 2.05) is 0 Å². The fraction of sp³-hybridized carbons (Fsp3) is 0.333. The van der Waals surface area contributed by atoms with E-state index in [-0.39, 0.29) is 17.2 Å². The Morgan fingerprint density at radius 1 is 1.50 bits per heavy atom. The number of aromatic nitrogens is 3. The molecule has 0 saturated heterocycles. The van der Waals surface area contributed by atoms with Crippen LogP contribution in [0.25, 0.3) is 5.57 Å². The molecule has 16 heavy (non-hydrogen) atoms. The molecule has 1 aromatic heterocycles. The molecule has 0 fully saturated rings. The summed E-state index contributed by atoms with van der Waals surface area (Å²) in [5.74, 6) is 0.268. The molecule has 1 aromatic rings. The van der Waals surface area contributed by atoms with E-state index in [9.17, 15) is 13.2 Å². The molecule has 0 spiro atoms. The number of H-pyrrole nitrogens is 1. The quantitative estimate of drug-likeness (QED) is 0.644. The fourth-order valence-electron chi connectivity index (χ4n) is 1.08. The van der Waals surface area contributed by atoms with Crippen LogP contribution in [0.5, 0.6) is 0 Å². The van der Waals surface area contributed by atoms with Crippen LogP contribution in [0.1, 0.15) is 18.6 Å². The van der Waals surface area contributed by atoms with Gasteiger partial charge in [-0.3, -0.25) is 5.10 Å². The zero-order valence-corrected chi connectivity index (χ0v) is 8.72. The average molecular weight is 233 g/mol. The van der Waals surface area contributed by atoms with Gasteiger partial charge in [0.05, 0.1) is 5.57 Å². The number of ether oxygens (including phenoxy) is 1. The van der Waals surface area contributed by atoms with Crippen molar-refractivity contribution in [3.05, 3.63) is 30.1 Å². The molecule has 1 rings (SSSR count). The lowest BCUT2D eigenvalue weighted by molar-refractivity contribution is -0.304. The number of rotatable bonds is 3. The van der Waals surface area contributed by atoms with E-state index in [2.05, 4.69) is 26.5 Å². The first kappa shape index (κ1) is 12.3. The second-order valence-corrected chi connectivity index (χ2v) is 2.97. The Hall–Kier alpha value is -1.79. The van der Waals surface area contributed by atoms with E-state index in [4.69, 9.17) is 0 Å². The third-order valence-corrected chi connectivity index (χ3v) is 1.69. The second-order valence-electron chi connectivity index (χ2n) is 2.97. The van der Waals surface area contributed by atoms with Crippen LogP contribution in [0.15, 0.2) is 18.4 Å². The number of nitrogens with one attached hydrogen (secondary N) is 1. The van der Waals surface area contributed by atoms with Crippen molar-refractivity contribution in [3.63, 3.8) is 0 Å². The van der Waals surface area contributed by atoms with Crippen molar-refractivity contribution in [2.45, 2.75) is 20.2 Å². The van der Waals surface area contributed by atoms with Crippen LogP contribution in [0.2, 0.25) is 0 Å². The highest BCUT2D eigenvalue weighted by Gasteiger charge is 2.32. The van der Waals surface area contributed by atoms with Crippen molar-refractivity contribution in [1.29, 1.82) is 0 Å². The first-order valence-corrected chi connectivity index (χ1v) is 4.32. The van der Waals surface area contributed by atoms with Crippen LogP contribution < -0.4 is 0 Å². The Bertz CT molecular complexity index is 420. The van der Waals surface area contributed by atoms with E-state index >= 15 is 0 Å². The lowest BCUT2D eigenvalue weighted by Crippen LogP contribution is -2.12. The number of allylic oxidation sites excluding steroid dienone is 3. The van der Waals surface area contributed by atoms with E-state index in [1.54, 1.807) is 6.92 Å². The maximum Gasteiger partial charge on any atom is 0.572 e. The summed E-state index contributed by atoms with van der Waals surface area (Å²) in [4.78, 5) is 3.89. The Labute approximate surface area is 89.8 Å². The van der Waals surface area contributed by atoms with Crippen molar-refractivity contribution in [2.75, 3.05) is 0 Å². The van der Waals surface area contributed by atoms with Gasteiger partial charge in [-0.1, -0.05) is 12.7 Å². The van der Waals surface area contributed by atoms with Gasteiger partial charge in [0.25, 0.3) is 0 Å². The van der Waals surface area contributed by atoms with Crippen molar-refractivity contribution in [2.24, 2.45) is 0 Å². The maximum absolute atomic E-state index is 12.0. The summed E-state index contributed by atoms with van der Waals surface area (Å²) < 4.78 is 39.7. The molecule has 0 saturated carbocycles. The van der Waals surface area contributed by atoms with Gasteiger partial charge in [-0.25, -0.2) is 4.98 Å². The van der Waals surface area contributed by atoms with Crippen molar-refractivity contribution < 1.29 is 17.9 Å². The Kier molecular flexibility index (Phi) is 3.36. The normalized spacial score (nSPS) is 13.3. The highest BCUT2D eigenvalue weighted by Crippen LogP contribution is 2.25. The van der Waals surface area contributed by atoms with Crippen LogP contribution in [0.3, 0.4) is 0 Å². The number of hydrogen-bond donors (Lipinski definition) is 1. The molecule has 1 heterocycles. The molecule has 1 N–H and O–H groups in total. The zero-order chi connectivity index (χ0) is 12.3. The number of aryl methyl sites for hydroxylation is 1. The Morgan fingerprint density at radius 3 is 2.50 bits per heavy atom. The summed E-state index contributed by atoms with van der Waals surface area (Å²) in [7, 11) is 0. The lowest BCUT2D eigenvalue weighted by Gasteiger charge is -2.10. The summed E-state index contributed by atoms with van der Waals surface area (Å²) >= 11 is 0. The summed E-state index contributed by atoms with van der Waals surface area (Å²) in [6.45, 7) is 6.21. The predicted molar refractivity (Wildman–Crippen MR) is 51.1 cm³/mol. The molecule has 0 bridgehead atoms. The van der Waals surface area contributed by atoms with Gasteiger partial charge >= 0.3 is 6.36 Å². The molecule has 0 aromatic carbocycles. The summed E-state index contributed by atoms with van der Waals surface area (Å²) in [6, 6.07) is 0. The number of nitrogens with zero attached hydrogens (tertiary/aromatic N) is 2. The van der Waals surface area contributed by atoms with E-state index in [1.165, 1.54) is 13.0 Å². The second kappa shape index (κ2) is 4.38. The molecule has 7 heteroatoms. The van der Waals surface area contributed by atoms with Gasteiger partial charge in [-0.15, -0.1) is 13.2 Å². The monoisotopic (exact) mass is 233 g/mol. The minimum atomic E-state index is -4.73. The van der Waals surface area contributed by atoms with Gasteiger partial charge in [0.1, 0.15) is 11.6 Å². The minimum Gasteiger partial charge on any atom is -0.410 e. The summed E-state index contributed by atoms with van der Waals surface area (Å²) in [6.07, 6.45) is -3.52. The Morgan fingerprint density at radius 2 is 2.12 bits per heavy atom. The van der Waals surface area contributed by atoms with Crippen molar-refractivity contribution in [3.8, 4) is 0 Å². The highest BCUT2D eigenvalue weighted by atomic mass is 19.4. The van der Waals surface area contributed by atoms with Gasteiger partial charge in [-0.05, 0) is 13.8 Å². The standard InChI is InChI=1S/C9H10F3N3O/c1-4-7(5(2)16-9(10,11)12)8-13-6(3)14-15-8/h4H,1H2,2-3H3,(H,13,14,15)/b7-5-. The minimum absolute atomic E-state index is 0.0988. The molecule has 4 nitrogen and oxygen atoms in total. The van der Waals surface area contributed by atoms with E-state index in [0.29, 0.717) is 5.82 Å². The summed E-state index contributed by atoms with van der Waals surface area (Å²) in [5, 5.41) is 6.25. The summed E-state index contributed by atoms with van der Waals surface area (Å²) in [5.41, 5.74) is 0.0988. The smallest absolute Gasteiger partial charge is 0.410 e. The van der Waals surface area contributed by atoms with Crippen molar-refractivity contribution >= 4 is 5.57 Å². The molecule has 0 unspecified atom stereocenters. The van der Waals surface area contributed by atoms with E-state index < -0.39 is 6.36 Å². The molecule has 0 amide bonds. The molecule has 0 aliphatic heterocycles. The molecular formula is C9H10F3N3O. The molecule has 88 valence electrons. The third-order valence-electron chi connectivity index (χ3n) is 1.69. The SMILES string of the molecule is C=C/C(=C(\C)OC(F)(F)F)c1n[nH]c(C)n1. The molecule has 0 aliphatic rings. The highest BCUT2D eigenvalue weighted by molar-refractivity contribution is 5.70. The molecule has 0 aliphatic carbocycles. The third kappa shape index (κ3) is 3.11. The van der Waals surface area contributed by atoms with Gasteiger partial charge in [0.2, 0.25) is 0 Å². The molecule has 0 atom stereocenters. The van der Waals surface area contributed by atoms with Gasteiger partial charge < -0.3 is 4.74 Å². The predicted octanol–water partition coefficient (Wildman–Crippen LogP) is 2.57. The van der Waals surface area contributed by atoms with Crippen LogP contribution in [0, 0.1) is 6.92 Å². The first-order chi connectivity index (χ1) is 7.33. The van der Waals surface area contributed by atoms with Gasteiger partial charge in [0.15, 0.2) is 5.82 Å². The number of aromatic amines is 1. The van der Waals surface area contributed by atoms with Crippen LogP contribution in [-0.4, -0.2) is 21.5 Å². The van der Waals surface area contributed by atoms with Crippen LogP contribution in [0.4, 0.5) is 13.2 Å². The average Bonchev–Trinajstić information content (AvgIpc) is 2.49. The molecular weight excluding hydrogens is 223 g/mol. The van der Waals surface area contributed by atoms with Crippen LogP contribution >= 0.6 is 0 Å². The topological polar surface area (TPSA) is 50.8 Å². The largest absolute Gasteiger partial charge is 0.572 e. The van der Waals surface area contributed by atoms with E-state index in [0.717, 1.165) is 0 Å². The number of hydrogen-bond acceptors (Lipinski definition) is 3. The Balaban J connectivity index is 3.05. The lowest BCUT2D eigenvalue weighted by atomic mass is 10.2. The number of alkyl halides is 3. The zero-order valence-electron chi connectivity index (χ0n) is 8.72. The van der Waals surface area contributed by atoms with Crippen LogP contribution in [-0.2, 0) is 4.74 Å². The first-order valence-electron chi connectivity index (χ1n) is 4.32. The van der Waals surface area contributed by atoms with Gasteiger partial charge in [0, 0.05) is 0 Å². The van der Waals surface area contributed by atoms with Gasteiger partial charge in [-0.2, -0.15) is 5.10 Å². The fourth-order valence-corrected chi connectivity index (χ4v) is 1.08.